The molecule has 2 heterocycles. The van der Waals surface area contributed by atoms with Gasteiger partial charge in [-0.25, -0.2) is 0 Å². The Morgan fingerprint density at radius 1 is 1.43 bits per heavy atom. The molecule has 1 saturated heterocycles. The SMILES string of the molecule is O=C(NCC1CCC2(CC(C(=O)O)C2)O1)c1ccccn1. The Labute approximate surface area is 122 Å². The third-order valence-corrected chi connectivity index (χ3v) is 4.31. The maximum Gasteiger partial charge on any atom is 0.306 e. The molecule has 2 fully saturated rings. The van der Waals surface area contributed by atoms with Crippen LogP contribution in [0.3, 0.4) is 0 Å². The number of carboxylic acid groups (broad SMARTS) is 1. The summed E-state index contributed by atoms with van der Waals surface area (Å²) in [5, 5.41) is 11.7. The lowest BCUT2D eigenvalue weighted by Crippen LogP contribution is -2.47. The summed E-state index contributed by atoms with van der Waals surface area (Å²) in [6.07, 6.45) is 4.46. The number of hydrogen-bond acceptors (Lipinski definition) is 4. The average molecular weight is 290 g/mol. The number of pyridine rings is 1. The molecule has 1 aliphatic heterocycles. The van der Waals surface area contributed by atoms with Crippen molar-refractivity contribution in [3.63, 3.8) is 0 Å². The molecule has 1 spiro atoms. The predicted octanol–water partition coefficient (Wildman–Crippen LogP) is 1.22. The average Bonchev–Trinajstić information content (AvgIpc) is 2.88. The van der Waals surface area contributed by atoms with Crippen LogP contribution < -0.4 is 5.32 Å². The molecule has 1 unspecified atom stereocenters. The number of hydrogen-bond donors (Lipinski definition) is 2. The fourth-order valence-electron chi connectivity index (χ4n) is 3.15. The molecule has 6 nitrogen and oxygen atoms in total. The van der Waals surface area contributed by atoms with Crippen LogP contribution in [-0.4, -0.2) is 40.2 Å². The normalized spacial score (nSPS) is 30.9. The zero-order chi connectivity index (χ0) is 14.9. The fourth-order valence-corrected chi connectivity index (χ4v) is 3.15. The molecule has 0 bridgehead atoms. The summed E-state index contributed by atoms with van der Waals surface area (Å²) in [5.41, 5.74) is 0.128. The van der Waals surface area contributed by atoms with Gasteiger partial charge in [0.1, 0.15) is 5.69 Å². The van der Waals surface area contributed by atoms with Gasteiger partial charge in [0.15, 0.2) is 0 Å². The van der Waals surface area contributed by atoms with Gasteiger partial charge < -0.3 is 15.2 Å². The first-order valence-electron chi connectivity index (χ1n) is 7.18. The number of ether oxygens (including phenoxy) is 1. The van der Waals surface area contributed by atoms with Crippen molar-refractivity contribution in [2.45, 2.75) is 37.4 Å². The molecule has 6 heteroatoms. The van der Waals surface area contributed by atoms with Gasteiger partial charge in [-0.2, -0.15) is 0 Å². The topological polar surface area (TPSA) is 88.5 Å². The van der Waals surface area contributed by atoms with Crippen molar-refractivity contribution in [2.24, 2.45) is 5.92 Å². The second-order valence-corrected chi connectivity index (χ2v) is 5.83. The van der Waals surface area contributed by atoms with Gasteiger partial charge in [-0.05, 0) is 37.8 Å². The number of rotatable bonds is 4. The Morgan fingerprint density at radius 3 is 2.90 bits per heavy atom. The highest BCUT2D eigenvalue weighted by Crippen LogP contribution is 2.49. The third kappa shape index (κ3) is 2.90. The van der Waals surface area contributed by atoms with Crippen molar-refractivity contribution < 1.29 is 19.4 Å². The molecule has 21 heavy (non-hydrogen) atoms. The third-order valence-electron chi connectivity index (χ3n) is 4.31. The van der Waals surface area contributed by atoms with Gasteiger partial charge >= 0.3 is 5.97 Å². The Kier molecular flexibility index (Phi) is 3.63. The maximum absolute atomic E-state index is 11.9. The van der Waals surface area contributed by atoms with Gasteiger partial charge in [0.25, 0.3) is 5.91 Å². The minimum atomic E-state index is -0.740. The molecule has 1 saturated carbocycles. The van der Waals surface area contributed by atoms with Crippen LogP contribution in [0.25, 0.3) is 0 Å². The van der Waals surface area contributed by atoms with Crippen LogP contribution in [0.2, 0.25) is 0 Å². The van der Waals surface area contributed by atoms with Gasteiger partial charge in [-0.3, -0.25) is 14.6 Å². The number of nitrogens with one attached hydrogen (secondary N) is 1. The van der Waals surface area contributed by atoms with Crippen LogP contribution in [0.15, 0.2) is 24.4 Å². The van der Waals surface area contributed by atoms with Gasteiger partial charge in [0, 0.05) is 12.7 Å². The molecule has 112 valence electrons. The summed E-state index contributed by atoms with van der Waals surface area (Å²) in [7, 11) is 0. The van der Waals surface area contributed by atoms with Crippen molar-refractivity contribution in [1.82, 2.24) is 10.3 Å². The summed E-state index contributed by atoms with van der Waals surface area (Å²) in [6, 6.07) is 5.19. The molecule has 2 aliphatic rings. The minimum absolute atomic E-state index is 0.0348. The van der Waals surface area contributed by atoms with E-state index in [4.69, 9.17) is 9.84 Å². The number of aliphatic carboxylic acids is 1. The number of carbonyl (C=O) groups excluding carboxylic acids is 1. The fraction of sp³-hybridized carbons (Fsp3) is 0.533. The van der Waals surface area contributed by atoms with Crippen molar-refractivity contribution in [2.75, 3.05) is 6.54 Å². The van der Waals surface area contributed by atoms with Crippen molar-refractivity contribution in [3.8, 4) is 0 Å². The highest BCUT2D eigenvalue weighted by Gasteiger charge is 2.52. The van der Waals surface area contributed by atoms with E-state index in [0.29, 0.717) is 25.1 Å². The van der Waals surface area contributed by atoms with E-state index in [0.717, 1.165) is 12.8 Å². The minimum Gasteiger partial charge on any atom is -0.481 e. The lowest BCUT2D eigenvalue weighted by molar-refractivity contribution is -0.164. The van der Waals surface area contributed by atoms with E-state index in [2.05, 4.69) is 10.3 Å². The highest BCUT2D eigenvalue weighted by atomic mass is 16.5. The summed E-state index contributed by atoms with van der Waals surface area (Å²) < 4.78 is 5.95. The lowest BCUT2D eigenvalue weighted by atomic mass is 9.69. The van der Waals surface area contributed by atoms with Crippen molar-refractivity contribution in [3.05, 3.63) is 30.1 Å². The van der Waals surface area contributed by atoms with Crippen LogP contribution in [0.5, 0.6) is 0 Å². The van der Waals surface area contributed by atoms with Gasteiger partial charge in [-0.15, -0.1) is 0 Å². The molecule has 2 N–H and O–H groups in total. The number of amides is 1. The van der Waals surface area contributed by atoms with Crippen LogP contribution in [0.1, 0.15) is 36.2 Å². The Morgan fingerprint density at radius 2 is 2.24 bits per heavy atom. The first-order valence-corrected chi connectivity index (χ1v) is 7.18. The van der Waals surface area contributed by atoms with Crippen molar-refractivity contribution >= 4 is 11.9 Å². The molecule has 0 radical (unpaired) electrons. The molecule has 1 aliphatic carbocycles. The van der Waals surface area contributed by atoms with E-state index in [-0.39, 0.29) is 23.5 Å². The zero-order valence-corrected chi connectivity index (χ0v) is 11.6. The second kappa shape index (κ2) is 5.44. The van der Waals surface area contributed by atoms with E-state index in [1.807, 2.05) is 0 Å². The predicted molar refractivity (Wildman–Crippen MR) is 73.8 cm³/mol. The maximum atomic E-state index is 11.9. The molecular formula is C15H18N2O4. The standard InChI is InChI=1S/C15H18N2O4/c18-13(12-3-1-2-6-16-12)17-9-11-4-5-15(21-11)7-10(8-15)14(19)20/h1-3,6,10-11H,4-5,7-9H2,(H,17,18)(H,19,20). The summed E-state index contributed by atoms with van der Waals surface area (Å²) >= 11 is 0. The van der Waals surface area contributed by atoms with Crippen molar-refractivity contribution in [1.29, 1.82) is 0 Å². The zero-order valence-electron chi connectivity index (χ0n) is 11.6. The molecule has 1 aromatic rings. The highest BCUT2D eigenvalue weighted by molar-refractivity contribution is 5.92. The van der Waals surface area contributed by atoms with Gasteiger partial charge in [0.05, 0.1) is 17.6 Å². The number of carboxylic acids is 1. The first kappa shape index (κ1) is 14.0. The van der Waals surface area contributed by atoms with Crippen LogP contribution in [-0.2, 0) is 9.53 Å². The largest absolute Gasteiger partial charge is 0.481 e. The van der Waals surface area contributed by atoms with Gasteiger partial charge in [0.2, 0.25) is 0 Å². The Balaban J connectivity index is 1.46. The monoisotopic (exact) mass is 290 g/mol. The number of carbonyl (C=O) groups is 2. The van der Waals surface area contributed by atoms with E-state index < -0.39 is 5.97 Å². The molecule has 0 aromatic carbocycles. The van der Waals surface area contributed by atoms with Crippen LogP contribution >= 0.6 is 0 Å². The smallest absolute Gasteiger partial charge is 0.306 e. The second-order valence-electron chi connectivity index (χ2n) is 5.83. The van der Waals surface area contributed by atoms with E-state index in [1.54, 1.807) is 24.4 Å². The summed E-state index contributed by atoms with van der Waals surface area (Å²) in [6.45, 7) is 0.439. The van der Waals surface area contributed by atoms with E-state index in [1.165, 1.54) is 0 Å². The van der Waals surface area contributed by atoms with Gasteiger partial charge in [-0.1, -0.05) is 6.07 Å². The molecular weight excluding hydrogens is 272 g/mol. The van der Waals surface area contributed by atoms with Crippen LogP contribution in [0.4, 0.5) is 0 Å². The Hall–Kier alpha value is -1.95. The molecule has 1 amide bonds. The molecule has 1 aromatic heterocycles. The quantitative estimate of drug-likeness (QED) is 0.870. The summed E-state index contributed by atoms with van der Waals surface area (Å²) in [5.74, 6) is -1.22. The molecule has 1 atom stereocenters. The van der Waals surface area contributed by atoms with E-state index in [9.17, 15) is 9.59 Å². The number of aromatic nitrogens is 1. The summed E-state index contributed by atoms with van der Waals surface area (Å²) in [4.78, 5) is 26.7. The Bertz CT molecular complexity index is 540. The lowest BCUT2D eigenvalue weighted by Gasteiger charge is -2.42. The number of nitrogens with zero attached hydrogens (tertiary/aromatic N) is 1. The first-order chi connectivity index (χ1) is 10.1. The van der Waals surface area contributed by atoms with Crippen LogP contribution in [0, 0.1) is 5.92 Å². The van der Waals surface area contributed by atoms with E-state index >= 15 is 0 Å². The molecule has 3 rings (SSSR count).